The van der Waals surface area contributed by atoms with Crippen LogP contribution >= 0.6 is 0 Å². The van der Waals surface area contributed by atoms with Crippen molar-refractivity contribution in [1.29, 1.82) is 0 Å². The zero-order chi connectivity index (χ0) is 14.5. The van der Waals surface area contributed by atoms with Crippen molar-refractivity contribution in [1.82, 2.24) is 10.3 Å². The number of nitrogens with one attached hydrogen (secondary N) is 1. The van der Waals surface area contributed by atoms with Gasteiger partial charge in [0.1, 0.15) is 5.75 Å². The number of hydrogen-bond donors (Lipinski definition) is 1. The zero-order valence-electron chi connectivity index (χ0n) is 12.5. The zero-order valence-corrected chi connectivity index (χ0v) is 12.5. The summed E-state index contributed by atoms with van der Waals surface area (Å²) in [4.78, 5) is 4.25. The molecule has 3 nitrogen and oxygen atoms in total. The molecule has 0 bridgehead atoms. The maximum Gasteiger partial charge on any atom is 0.120 e. The minimum Gasteiger partial charge on any atom is -0.490 e. The van der Waals surface area contributed by atoms with E-state index in [4.69, 9.17) is 4.74 Å². The number of pyridine rings is 1. The van der Waals surface area contributed by atoms with E-state index in [1.807, 2.05) is 24.5 Å². The molecule has 1 unspecified atom stereocenters. The summed E-state index contributed by atoms with van der Waals surface area (Å²) in [6.07, 6.45) is 7.65. The van der Waals surface area contributed by atoms with Crippen molar-refractivity contribution in [3.8, 4) is 5.75 Å². The van der Waals surface area contributed by atoms with E-state index in [1.165, 1.54) is 24.0 Å². The Hall–Kier alpha value is -1.87. The van der Waals surface area contributed by atoms with Crippen LogP contribution in [0.15, 0.2) is 48.8 Å². The van der Waals surface area contributed by atoms with Gasteiger partial charge in [-0.1, -0.05) is 25.1 Å². The lowest BCUT2D eigenvalue weighted by Gasteiger charge is -2.20. The number of benzene rings is 1. The summed E-state index contributed by atoms with van der Waals surface area (Å²) >= 11 is 0. The number of nitrogens with zero attached hydrogens (tertiary/aromatic N) is 1. The van der Waals surface area contributed by atoms with Gasteiger partial charge < -0.3 is 10.1 Å². The Bertz CT molecular complexity index is 566. The number of rotatable bonds is 7. The van der Waals surface area contributed by atoms with Crippen LogP contribution in [-0.2, 0) is 0 Å². The van der Waals surface area contributed by atoms with Crippen molar-refractivity contribution in [3.05, 3.63) is 59.9 Å². The van der Waals surface area contributed by atoms with Crippen LogP contribution in [0.4, 0.5) is 0 Å². The number of ether oxygens (including phenoxy) is 1. The predicted octanol–water partition coefficient (Wildman–Crippen LogP) is 3.71. The molecule has 1 N–H and O–H groups in total. The Labute approximate surface area is 126 Å². The molecule has 0 radical (unpaired) electrons. The van der Waals surface area contributed by atoms with Gasteiger partial charge in [0.25, 0.3) is 0 Å². The largest absolute Gasteiger partial charge is 0.490 e. The standard InChI is InChI=1S/C18H22N2O/c1-2-10-20-18(15-6-4-11-19-13-15)14-5-3-7-17(12-14)21-16-8-9-16/h3-7,11-13,16,18,20H,2,8-10H2,1H3. The average Bonchev–Trinajstić information content (AvgIpc) is 3.33. The fraction of sp³-hybridized carbons (Fsp3) is 0.389. The van der Waals surface area contributed by atoms with Gasteiger partial charge in [-0.25, -0.2) is 0 Å². The van der Waals surface area contributed by atoms with Gasteiger partial charge in [-0.3, -0.25) is 4.98 Å². The normalized spacial score (nSPS) is 15.7. The molecule has 1 aromatic heterocycles. The second kappa shape index (κ2) is 6.72. The monoisotopic (exact) mass is 282 g/mol. The summed E-state index contributed by atoms with van der Waals surface area (Å²) in [5.41, 5.74) is 2.42. The van der Waals surface area contributed by atoms with E-state index in [-0.39, 0.29) is 6.04 Å². The van der Waals surface area contributed by atoms with Gasteiger partial charge in [-0.2, -0.15) is 0 Å². The quantitative estimate of drug-likeness (QED) is 0.840. The lowest BCUT2D eigenvalue weighted by atomic mass is 10.00. The fourth-order valence-electron chi connectivity index (χ4n) is 2.41. The summed E-state index contributed by atoms with van der Waals surface area (Å²) in [6, 6.07) is 12.7. The molecule has 2 aromatic rings. The van der Waals surface area contributed by atoms with Crippen molar-refractivity contribution < 1.29 is 4.74 Å². The van der Waals surface area contributed by atoms with Crippen LogP contribution in [0.5, 0.6) is 5.75 Å². The summed E-state index contributed by atoms with van der Waals surface area (Å²) in [7, 11) is 0. The first-order valence-electron chi connectivity index (χ1n) is 7.76. The minimum atomic E-state index is 0.168. The highest BCUT2D eigenvalue weighted by atomic mass is 16.5. The van der Waals surface area contributed by atoms with Gasteiger partial charge in [-0.05, 0) is 55.1 Å². The van der Waals surface area contributed by atoms with Crippen LogP contribution in [0.1, 0.15) is 43.4 Å². The number of hydrogen-bond acceptors (Lipinski definition) is 3. The van der Waals surface area contributed by atoms with Gasteiger partial charge in [0.05, 0.1) is 12.1 Å². The molecule has 0 amide bonds. The maximum atomic E-state index is 5.91. The molecule has 110 valence electrons. The van der Waals surface area contributed by atoms with Crippen LogP contribution in [-0.4, -0.2) is 17.6 Å². The molecule has 3 rings (SSSR count). The molecule has 1 aromatic carbocycles. The van der Waals surface area contributed by atoms with Crippen molar-refractivity contribution in [2.24, 2.45) is 0 Å². The number of aromatic nitrogens is 1. The molecule has 1 aliphatic carbocycles. The molecule has 21 heavy (non-hydrogen) atoms. The predicted molar refractivity (Wildman–Crippen MR) is 84.5 cm³/mol. The first kappa shape index (κ1) is 14.1. The van der Waals surface area contributed by atoms with E-state index in [2.05, 4.69) is 41.5 Å². The van der Waals surface area contributed by atoms with Crippen molar-refractivity contribution in [3.63, 3.8) is 0 Å². The summed E-state index contributed by atoms with van der Waals surface area (Å²) in [5.74, 6) is 0.974. The van der Waals surface area contributed by atoms with Gasteiger partial charge in [-0.15, -0.1) is 0 Å². The summed E-state index contributed by atoms with van der Waals surface area (Å²) in [6.45, 7) is 3.16. The topological polar surface area (TPSA) is 34.2 Å². The van der Waals surface area contributed by atoms with Crippen LogP contribution in [0.3, 0.4) is 0 Å². The first-order chi connectivity index (χ1) is 10.4. The average molecular weight is 282 g/mol. The van der Waals surface area contributed by atoms with E-state index >= 15 is 0 Å². The molecule has 1 fully saturated rings. The summed E-state index contributed by atoms with van der Waals surface area (Å²) in [5, 5.41) is 3.60. The van der Waals surface area contributed by atoms with Crippen molar-refractivity contribution >= 4 is 0 Å². The smallest absolute Gasteiger partial charge is 0.120 e. The second-order valence-corrected chi connectivity index (χ2v) is 5.56. The lowest BCUT2D eigenvalue weighted by molar-refractivity contribution is 0.302. The third-order valence-corrected chi connectivity index (χ3v) is 3.63. The highest BCUT2D eigenvalue weighted by Crippen LogP contribution is 2.29. The van der Waals surface area contributed by atoms with Crippen molar-refractivity contribution in [2.75, 3.05) is 6.54 Å². The molecule has 1 atom stereocenters. The molecular weight excluding hydrogens is 260 g/mol. The maximum absolute atomic E-state index is 5.91. The van der Waals surface area contributed by atoms with E-state index in [1.54, 1.807) is 0 Å². The fourth-order valence-corrected chi connectivity index (χ4v) is 2.41. The molecule has 3 heteroatoms. The van der Waals surface area contributed by atoms with Gasteiger partial charge in [0.15, 0.2) is 0 Å². The van der Waals surface area contributed by atoms with Crippen LogP contribution in [0, 0.1) is 0 Å². The third-order valence-electron chi connectivity index (χ3n) is 3.63. The molecule has 0 spiro atoms. The molecule has 1 saturated carbocycles. The Balaban J connectivity index is 1.84. The minimum absolute atomic E-state index is 0.168. The van der Waals surface area contributed by atoms with Gasteiger partial charge >= 0.3 is 0 Å². The summed E-state index contributed by atoms with van der Waals surface area (Å²) < 4.78 is 5.91. The van der Waals surface area contributed by atoms with E-state index in [9.17, 15) is 0 Å². The van der Waals surface area contributed by atoms with E-state index < -0.39 is 0 Å². The molecule has 0 saturated heterocycles. The van der Waals surface area contributed by atoms with Crippen LogP contribution < -0.4 is 10.1 Å². The Morgan fingerprint density at radius 3 is 2.81 bits per heavy atom. The highest BCUT2D eigenvalue weighted by molar-refractivity contribution is 5.36. The first-order valence-corrected chi connectivity index (χ1v) is 7.76. The van der Waals surface area contributed by atoms with E-state index in [0.29, 0.717) is 6.10 Å². The Morgan fingerprint density at radius 1 is 1.24 bits per heavy atom. The van der Waals surface area contributed by atoms with E-state index in [0.717, 1.165) is 18.7 Å². The van der Waals surface area contributed by atoms with Gasteiger partial charge in [0.2, 0.25) is 0 Å². The second-order valence-electron chi connectivity index (χ2n) is 5.56. The lowest BCUT2D eigenvalue weighted by Crippen LogP contribution is -2.23. The molecule has 0 aliphatic heterocycles. The SMILES string of the molecule is CCCNC(c1cccnc1)c1cccc(OC2CC2)c1. The molecule has 1 aliphatic rings. The Kier molecular flexibility index (Phi) is 4.51. The van der Waals surface area contributed by atoms with Crippen LogP contribution in [0.2, 0.25) is 0 Å². The Morgan fingerprint density at radius 2 is 2.10 bits per heavy atom. The third kappa shape index (κ3) is 3.82. The van der Waals surface area contributed by atoms with Gasteiger partial charge in [0, 0.05) is 12.4 Å². The van der Waals surface area contributed by atoms with Crippen LogP contribution in [0.25, 0.3) is 0 Å². The molecular formula is C18H22N2O. The highest BCUT2D eigenvalue weighted by Gasteiger charge is 2.24. The molecule has 1 heterocycles. The van der Waals surface area contributed by atoms with Crippen molar-refractivity contribution in [2.45, 2.75) is 38.3 Å².